The van der Waals surface area contributed by atoms with Crippen LogP contribution in [0.2, 0.25) is 0 Å². The van der Waals surface area contributed by atoms with E-state index in [4.69, 9.17) is 9.57 Å². The number of halogens is 2. The highest BCUT2D eigenvalue weighted by Crippen LogP contribution is 2.43. The van der Waals surface area contributed by atoms with Gasteiger partial charge in [-0.25, -0.2) is 8.78 Å². The summed E-state index contributed by atoms with van der Waals surface area (Å²) in [5, 5.41) is 17.2. The summed E-state index contributed by atoms with van der Waals surface area (Å²) in [5.41, 5.74) is -3.06. The van der Waals surface area contributed by atoms with Gasteiger partial charge in [-0.3, -0.25) is 14.4 Å². The van der Waals surface area contributed by atoms with Gasteiger partial charge in [0.2, 0.25) is 11.3 Å². The summed E-state index contributed by atoms with van der Waals surface area (Å²) in [6, 6.07) is 1.23. The molecule has 5 rings (SSSR count). The van der Waals surface area contributed by atoms with E-state index in [0.29, 0.717) is 5.90 Å². The fourth-order valence-corrected chi connectivity index (χ4v) is 4.93. The van der Waals surface area contributed by atoms with Crippen molar-refractivity contribution < 1.29 is 33.1 Å². The van der Waals surface area contributed by atoms with E-state index in [-0.39, 0.29) is 42.4 Å². The molecule has 1 aromatic heterocycles. The van der Waals surface area contributed by atoms with E-state index >= 15 is 0 Å². The number of rotatable bonds is 3. The van der Waals surface area contributed by atoms with E-state index in [9.17, 15) is 28.3 Å². The van der Waals surface area contributed by atoms with Crippen molar-refractivity contribution >= 4 is 17.7 Å². The Morgan fingerprint density at radius 2 is 2.11 bits per heavy atom. The Bertz CT molecular complexity index is 1450. The Hall–Kier alpha value is -4.22. The van der Waals surface area contributed by atoms with Crippen LogP contribution in [0.4, 0.5) is 8.78 Å². The number of nitrogens with one attached hydrogen (secondary N) is 1. The zero-order valence-corrected chi connectivity index (χ0v) is 20.2. The molecule has 4 heterocycles. The molecule has 2 N–H and O–H groups in total. The Morgan fingerprint density at radius 1 is 1.35 bits per heavy atom. The molecule has 3 atom stereocenters. The molecule has 10 nitrogen and oxygen atoms in total. The summed E-state index contributed by atoms with van der Waals surface area (Å²) in [6.45, 7) is 2.88. The van der Waals surface area contributed by atoms with Crippen LogP contribution < -0.4 is 10.7 Å². The molecule has 2 amide bonds. The van der Waals surface area contributed by atoms with Crippen LogP contribution in [0.1, 0.15) is 51.4 Å². The molecule has 1 aromatic carbocycles. The largest absolute Gasteiger partial charge is 0.503 e. The number of nitrogens with zero attached hydrogens (tertiary/aromatic N) is 3. The molecular formula is C25H24F2N4O6. The third-order valence-electron chi connectivity index (χ3n) is 7.16. The molecule has 0 unspecified atom stereocenters. The first-order valence-corrected chi connectivity index (χ1v) is 11.6. The van der Waals surface area contributed by atoms with E-state index in [1.165, 1.54) is 35.8 Å². The molecule has 3 aliphatic rings. The Labute approximate surface area is 209 Å². The quantitative estimate of drug-likeness (QED) is 0.606. The summed E-state index contributed by atoms with van der Waals surface area (Å²) in [4.78, 5) is 46.6. The molecule has 0 radical (unpaired) electrons. The number of oxime groups is 1. The number of hydrogen-bond donors (Lipinski definition) is 2. The maximum atomic E-state index is 14.4. The number of methoxy groups -OCH3 is 1. The van der Waals surface area contributed by atoms with Crippen LogP contribution in [0, 0.1) is 18.6 Å². The summed E-state index contributed by atoms with van der Waals surface area (Å²) in [7, 11) is 1.45. The summed E-state index contributed by atoms with van der Waals surface area (Å²) < 4.78 is 34.6. The first-order valence-electron chi connectivity index (χ1n) is 11.6. The number of hydrogen-bond acceptors (Lipinski definition) is 7. The lowest BCUT2D eigenvalue weighted by Gasteiger charge is -2.41. The molecule has 37 heavy (non-hydrogen) atoms. The normalized spacial score (nSPS) is 23.9. The standard InChI is InChI=1S/C25H24F2N4O6/c1-12-6-7-25(8-18(36-3)29-37-25)17-11-30(12)24(35)20-22(33)21(32)15(10-31(17)20)23(34)28-9-14-4-5-16(26)13(2)19(14)27/h4-7,10,12,17,33H,8-9,11H2,1-3H3,(H,28,34)/t12-,17+,25-/m0/s1. The Balaban J connectivity index is 1.55. The highest BCUT2D eigenvalue weighted by molar-refractivity contribution is 5.99. The third-order valence-corrected chi connectivity index (χ3v) is 7.16. The second-order valence-electron chi connectivity index (χ2n) is 9.29. The SMILES string of the molecule is COC1=NO[C@@]2(C=C[C@H](C)N3C[C@H]2n2cc(C(=O)NCc4ccc(F)c(C)c4F)c(=O)c(O)c2C3=O)C1. The van der Waals surface area contributed by atoms with Gasteiger partial charge in [-0.15, -0.1) is 0 Å². The summed E-state index contributed by atoms with van der Waals surface area (Å²) >= 11 is 0. The molecule has 0 fully saturated rings. The monoisotopic (exact) mass is 514 g/mol. The fraction of sp³-hybridized carbons (Fsp3) is 0.360. The minimum absolute atomic E-state index is 0.0193. The van der Waals surface area contributed by atoms with E-state index in [2.05, 4.69) is 10.5 Å². The molecule has 0 saturated carbocycles. The predicted octanol–water partition coefficient (Wildman–Crippen LogP) is 2.14. The van der Waals surface area contributed by atoms with Gasteiger partial charge in [-0.1, -0.05) is 17.3 Å². The second-order valence-corrected chi connectivity index (χ2v) is 9.29. The van der Waals surface area contributed by atoms with Gasteiger partial charge in [0.05, 0.1) is 19.6 Å². The molecule has 0 aliphatic carbocycles. The van der Waals surface area contributed by atoms with Crippen LogP contribution in [0.25, 0.3) is 0 Å². The molecule has 1 spiro atoms. The zero-order chi connectivity index (χ0) is 26.6. The van der Waals surface area contributed by atoms with Gasteiger partial charge in [0.25, 0.3) is 11.8 Å². The van der Waals surface area contributed by atoms with Gasteiger partial charge in [0.1, 0.15) is 17.2 Å². The lowest BCUT2D eigenvalue weighted by atomic mass is 9.88. The smallest absolute Gasteiger partial charge is 0.275 e. The van der Waals surface area contributed by atoms with Crippen molar-refractivity contribution in [3.05, 3.63) is 74.7 Å². The van der Waals surface area contributed by atoms with Crippen LogP contribution in [0.3, 0.4) is 0 Å². The van der Waals surface area contributed by atoms with Gasteiger partial charge < -0.3 is 29.5 Å². The number of pyridine rings is 1. The summed E-state index contributed by atoms with van der Waals surface area (Å²) in [6.07, 6.45) is 4.96. The van der Waals surface area contributed by atoms with Gasteiger partial charge in [-0.05, 0) is 26.0 Å². The van der Waals surface area contributed by atoms with Crippen molar-refractivity contribution in [2.45, 2.75) is 44.5 Å². The lowest BCUT2D eigenvalue weighted by molar-refractivity contribution is -0.0316. The van der Waals surface area contributed by atoms with E-state index < -0.39 is 51.8 Å². The van der Waals surface area contributed by atoms with Crippen LogP contribution >= 0.6 is 0 Å². The van der Waals surface area contributed by atoms with Crippen molar-refractivity contribution in [2.24, 2.45) is 5.16 Å². The predicted molar refractivity (Wildman–Crippen MR) is 126 cm³/mol. The van der Waals surface area contributed by atoms with Gasteiger partial charge in [-0.2, -0.15) is 0 Å². The summed E-state index contributed by atoms with van der Waals surface area (Å²) in [5.74, 6) is -3.58. The van der Waals surface area contributed by atoms with E-state index in [1.54, 1.807) is 19.1 Å². The number of fused-ring (bicyclic) bond motifs is 5. The average molecular weight is 514 g/mol. The molecule has 2 aromatic rings. The number of carbonyl (C=O) groups excluding carboxylic acids is 2. The minimum Gasteiger partial charge on any atom is -0.503 e. The molecular weight excluding hydrogens is 490 g/mol. The Morgan fingerprint density at radius 3 is 2.81 bits per heavy atom. The highest BCUT2D eigenvalue weighted by Gasteiger charge is 2.53. The van der Waals surface area contributed by atoms with Crippen molar-refractivity contribution in [3.63, 3.8) is 0 Å². The fourth-order valence-electron chi connectivity index (χ4n) is 4.93. The molecule has 194 valence electrons. The van der Waals surface area contributed by atoms with E-state index in [0.717, 1.165) is 6.07 Å². The lowest BCUT2D eigenvalue weighted by Crippen LogP contribution is -2.52. The van der Waals surface area contributed by atoms with Gasteiger partial charge >= 0.3 is 0 Å². The first kappa shape index (κ1) is 24.5. The first-order chi connectivity index (χ1) is 17.6. The second kappa shape index (κ2) is 8.71. The number of amides is 2. The van der Waals surface area contributed by atoms with Crippen molar-refractivity contribution in [1.29, 1.82) is 0 Å². The minimum atomic E-state index is -1.10. The van der Waals surface area contributed by atoms with Crippen LogP contribution in [0.5, 0.6) is 5.75 Å². The zero-order valence-electron chi connectivity index (χ0n) is 20.2. The molecule has 12 heteroatoms. The number of aromatic hydroxyl groups is 1. The van der Waals surface area contributed by atoms with Gasteiger partial charge in [0, 0.05) is 36.5 Å². The maximum absolute atomic E-state index is 14.4. The Kier molecular flexibility index (Phi) is 5.76. The van der Waals surface area contributed by atoms with Crippen molar-refractivity contribution in [3.8, 4) is 5.75 Å². The van der Waals surface area contributed by atoms with Crippen LogP contribution in [0.15, 0.2) is 40.4 Å². The van der Waals surface area contributed by atoms with Crippen LogP contribution in [-0.4, -0.2) is 57.6 Å². The average Bonchev–Trinajstić information content (AvgIpc) is 3.26. The van der Waals surface area contributed by atoms with Gasteiger partial charge in [0.15, 0.2) is 17.0 Å². The highest BCUT2D eigenvalue weighted by atomic mass is 19.1. The molecule has 2 bridgehead atoms. The van der Waals surface area contributed by atoms with Crippen molar-refractivity contribution in [2.75, 3.05) is 13.7 Å². The number of benzene rings is 1. The number of carbonyl (C=O) groups is 2. The topological polar surface area (TPSA) is 122 Å². The third kappa shape index (κ3) is 3.74. The number of ether oxygens (including phenoxy) is 1. The maximum Gasteiger partial charge on any atom is 0.275 e. The number of aromatic nitrogens is 1. The molecule has 0 saturated heterocycles. The van der Waals surface area contributed by atoms with Crippen molar-refractivity contribution in [1.82, 2.24) is 14.8 Å². The molecule has 3 aliphatic heterocycles. The van der Waals surface area contributed by atoms with E-state index in [1.807, 2.05) is 0 Å². The van der Waals surface area contributed by atoms with Crippen LogP contribution in [-0.2, 0) is 16.1 Å².